The highest BCUT2D eigenvalue weighted by atomic mass is 16.6. The zero-order valence-electron chi connectivity index (χ0n) is 14.5. The van der Waals surface area contributed by atoms with Gasteiger partial charge in [0.15, 0.2) is 0 Å². The fraction of sp³-hybridized carbons (Fsp3) is 0.650. The fourth-order valence-corrected chi connectivity index (χ4v) is 2.56. The van der Waals surface area contributed by atoms with Crippen LogP contribution >= 0.6 is 0 Å². The monoisotopic (exact) mass is 320 g/mol. The number of aliphatic hydroxyl groups is 1. The lowest BCUT2D eigenvalue weighted by Crippen LogP contribution is -2.34. The molecule has 1 saturated heterocycles. The molecule has 1 N–H and O–H groups in total. The highest BCUT2D eigenvalue weighted by Gasteiger charge is 2.26. The van der Waals surface area contributed by atoms with Crippen LogP contribution in [0.2, 0.25) is 0 Å². The van der Waals surface area contributed by atoms with Gasteiger partial charge in [-0.3, -0.25) is 4.79 Å². The van der Waals surface area contributed by atoms with Gasteiger partial charge in [-0.25, -0.2) is 0 Å². The number of carbonyl (C=O) groups excluding carboxylic acids is 1. The minimum Gasteiger partial charge on any atom is -0.460 e. The quantitative estimate of drug-likeness (QED) is 0.336. The second-order valence-corrected chi connectivity index (χ2v) is 6.10. The first-order valence-electron chi connectivity index (χ1n) is 9.06. The predicted molar refractivity (Wildman–Crippen MR) is 95.2 cm³/mol. The van der Waals surface area contributed by atoms with E-state index >= 15 is 0 Å². The van der Waals surface area contributed by atoms with Gasteiger partial charge in [-0.05, 0) is 44.9 Å². The first-order chi connectivity index (χ1) is 11.2. The van der Waals surface area contributed by atoms with Gasteiger partial charge in [0.25, 0.3) is 0 Å². The summed E-state index contributed by atoms with van der Waals surface area (Å²) in [5, 5.41) is 10.00. The maximum atomic E-state index is 11.2. The largest absolute Gasteiger partial charge is 0.460 e. The SMILES string of the molecule is CCCCC/C=C\C/C=C\C/C=C\C[C@H](O)[C@@H]1CCCC(=O)O1. The van der Waals surface area contributed by atoms with Crippen LogP contribution in [0.5, 0.6) is 0 Å². The van der Waals surface area contributed by atoms with Crippen molar-refractivity contribution in [2.75, 3.05) is 0 Å². The Balaban J connectivity index is 2.05. The number of ether oxygens (including phenoxy) is 1. The number of cyclic esters (lactones) is 1. The van der Waals surface area contributed by atoms with Crippen molar-refractivity contribution in [2.24, 2.45) is 0 Å². The molecular formula is C20H32O3. The van der Waals surface area contributed by atoms with Gasteiger partial charge < -0.3 is 9.84 Å². The van der Waals surface area contributed by atoms with Gasteiger partial charge in [0.1, 0.15) is 6.10 Å². The molecule has 0 radical (unpaired) electrons. The lowest BCUT2D eigenvalue weighted by atomic mass is 10.0. The Labute approximate surface area is 141 Å². The fourth-order valence-electron chi connectivity index (χ4n) is 2.56. The molecule has 0 amide bonds. The molecule has 3 nitrogen and oxygen atoms in total. The number of aliphatic hydroxyl groups excluding tert-OH is 1. The van der Waals surface area contributed by atoms with Crippen molar-refractivity contribution < 1.29 is 14.6 Å². The van der Waals surface area contributed by atoms with Gasteiger partial charge in [-0.15, -0.1) is 0 Å². The summed E-state index contributed by atoms with van der Waals surface area (Å²) in [5.41, 5.74) is 0. The van der Waals surface area contributed by atoms with Gasteiger partial charge in [0.05, 0.1) is 6.10 Å². The van der Waals surface area contributed by atoms with Crippen LogP contribution in [0.1, 0.15) is 71.1 Å². The van der Waals surface area contributed by atoms with Crippen LogP contribution in [-0.2, 0) is 9.53 Å². The highest BCUT2D eigenvalue weighted by Crippen LogP contribution is 2.18. The Bertz CT molecular complexity index is 396. The summed E-state index contributed by atoms with van der Waals surface area (Å²) in [5.74, 6) is -0.185. The molecule has 0 aromatic carbocycles. The summed E-state index contributed by atoms with van der Waals surface area (Å²) < 4.78 is 5.16. The average molecular weight is 320 g/mol. The molecular weight excluding hydrogens is 288 g/mol. The molecule has 0 bridgehead atoms. The predicted octanol–water partition coefficient (Wildman–Crippen LogP) is 4.86. The molecule has 0 unspecified atom stereocenters. The third-order valence-corrected chi connectivity index (χ3v) is 3.98. The van der Waals surface area contributed by atoms with Crippen LogP contribution in [0.4, 0.5) is 0 Å². The molecule has 130 valence electrons. The van der Waals surface area contributed by atoms with Gasteiger partial charge in [0, 0.05) is 6.42 Å². The summed E-state index contributed by atoms with van der Waals surface area (Å²) >= 11 is 0. The van der Waals surface area contributed by atoms with Crippen LogP contribution in [0, 0.1) is 0 Å². The number of hydrogen-bond acceptors (Lipinski definition) is 3. The summed E-state index contributed by atoms with van der Waals surface area (Å²) in [6, 6.07) is 0. The summed E-state index contributed by atoms with van der Waals surface area (Å²) in [7, 11) is 0. The van der Waals surface area contributed by atoms with Crippen molar-refractivity contribution in [3.05, 3.63) is 36.5 Å². The van der Waals surface area contributed by atoms with E-state index in [1.54, 1.807) is 0 Å². The molecule has 1 heterocycles. The molecule has 1 aliphatic heterocycles. The second-order valence-electron chi connectivity index (χ2n) is 6.10. The zero-order valence-corrected chi connectivity index (χ0v) is 14.5. The molecule has 2 atom stereocenters. The standard InChI is InChI=1S/C20H32O3/c1-2-3-4-5-6-7-8-9-10-11-12-13-15-18(21)19-16-14-17-20(22)23-19/h6-7,9-10,12-13,18-19,21H,2-5,8,11,14-17H2,1H3/b7-6-,10-9-,13-12-/t18-,19-/m0/s1. The maximum absolute atomic E-state index is 11.2. The lowest BCUT2D eigenvalue weighted by molar-refractivity contribution is -0.160. The van der Waals surface area contributed by atoms with E-state index in [1.807, 2.05) is 6.08 Å². The number of unbranched alkanes of at least 4 members (excludes halogenated alkanes) is 3. The van der Waals surface area contributed by atoms with Crippen molar-refractivity contribution in [1.29, 1.82) is 0 Å². The summed E-state index contributed by atoms with van der Waals surface area (Å²) in [4.78, 5) is 11.2. The minimum absolute atomic E-state index is 0.185. The molecule has 0 aromatic heterocycles. The van der Waals surface area contributed by atoms with E-state index in [2.05, 4.69) is 37.3 Å². The number of rotatable bonds is 11. The molecule has 1 rings (SSSR count). The van der Waals surface area contributed by atoms with Crippen molar-refractivity contribution in [3.63, 3.8) is 0 Å². The van der Waals surface area contributed by atoms with Crippen LogP contribution in [0.3, 0.4) is 0 Å². The Morgan fingerprint density at radius 2 is 1.83 bits per heavy atom. The smallest absolute Gasteiger partial charge is 0.306 e. The van der Waals surface area contributed by atoms with E-state index in [0.29, 0.717) is 12.8 Å². The van der Waals surface area contributed by atoms with Crippen molar-refractivity contribution in [3.8, 4) is 0 Å². The number of allylic oxidation sites excluding steroid dienone is 5. The molecule has 0 spiro atoms. The first kappa shape index (κ1) is 19.7. The summed E-state index contributed by atoms with van der Waals surface area (Å²) in [6.07, 6.45) is 21.5. The van der Waals surface area contributed by atoms with Gasteiger partial charge in [-0.2, -0.15) is 0 Å². The van der Waals surface area contributed by atoms with Crippen LogP contribution in [-0.4, -0.2) is 23.3 Å². The maximum Gasteiger partial charge on any atom is 0.306 e. The van der Waals surface area contributed by atoms with E-state index < -0.39 is 6.10 Å². The van der Waals surface area contributed by atoms with E-state index in [-0.39, 0.29) is 12.1 Å². The van der Waals surface area contributed by atoms with Crippen molar-refractivity contribution in [2.45, 2.75) is 83.3 Å². The van der Waals surface area contributed by atoms with Gasteiger partial charge >= 0.3 is 5.97 Å². The topological polar surface area (TPSA) is 46.5 Å². The van der Waals surface area contributed by atoms with E-state index in [0.717, 1.165) is 25.7 Å². The normalized spacial score (nSPS) is 20.6. The number of hydrogen-bond donors (Lipinski definition) is 1. The van der Waals surface area contributed by atoms with E-state index in [1.165, 1.54) is 25.7 Å². The second kappa shape index (κ2) is 13.1. The summed E-state index contributed by atoms with van der Waals surface area (Å²) in [6.45, 7) is 2.22. The van der Waals surface area contributed by atoms with Gasteiger partial charge in [0.2, 0.25) is 0 Å². The Morgan fingerprint density at radius 3 is 2.52 bits per heavy atom. The third-order valence-electron chi connectivity index (χ3n) is 3.98. The van der Waals surface area contributed by atoms with Crippen LogP contribution in [0.25, 0.3) is 0 Å². The zero-order chi connectivity index (χ0) is 16.8. The highest BCUT2D eigenvalue weighted by molar-refractivity contribution is 5.70. The molecule has 0 saturated carbocycles. The minimum atomic E-state index is -0.578. The molecule has 1 aliphatic rings. The van der Waals surface area contributed by atoms with Crippen LogP contribution < -0.4 is 0 Å². The molecule has 0 aromatic rings. The molecule has 0 aliphatic carbocycles. The first-order valence-corrected chi connectivity index (χ1v) is 9.06. The van der Waals surface area contributed by atoms with Crippen LogP contribution in [0.15, 0.2) is 36.5 Å². The molecule has 23 heavy (non-hydrogen) atoms. The van der Waals surface area contributed by atoms with Gasteiger partial charge in [-0.1, -0.05) is 56.2 Å². The van der Waals surface area contributed by atoms with E-state index in [9.17, 15) is 9.90 Å². The Kier molecular flexibility index (Phi) is 11.2. The number of esters is 1. The van der Waals surface area contributed by atoms with Crippen molar-refractivity contribution in [1.82, 2.24) is 0 Å². The number of carbonyl (C=O) groups is 1. The van der Waals surface area contributed by atoms with E-state index in [4.69, 9.17) is 4.74 Å². The van der Waals surface area contributed by atoms with Crippen molar-refractivity contribution >= 4 is 5.97 Å². The molecule has 1 fully saturated rings. The Hall–Kier alpha value is -1.35. The lowest BCUT2D eigenvalue weighted by Gasteiger charge is -2.25. The molecule has 3 heteroatoms. The third kappa shape index (κ3) is 10.1. The Morgan fingerprint density at radius 1 is 1.13 bits per heavy atom. The average Bonchev–Trinajstić information content (AvgIpc) is 2.55.